The van der Waals surface area contributed by atoms with Gasteiger partial charge in [0, 0.05) is 0 Å². The Morgan fingerprint density at radius 3 is 1.71 bits per heavy atom. The first-order chi connectivity index (χ1) is 17.9. The number of amides is 3. The highest BCUT2D eigenvalue weighted by Gasteiger charge is 2.73. The fraction of sp³-hybridized carbons (Fsp3) is 0.222. The Bertz CT molecular complexity index is 1440. The van der Waals surface area contributed by atoms with Crippen molar-refractivity contribution in [2.75, 3.05) is 11.9 Å². The van der Waals surface area contributed by atoms with Crippen molar-refractivity contribution >= 4 is 58.2 Å². The molecule has 3 amide bonds. The molecule has 3 aliphatic carbocycles. The summed E-state index contributed by atoms with van der Waals surface area (Å²) in [5.41, 5.74) is 1.13. The molecule has 2 atom stereocenters. The molecule has 0 radical (unpaired) electrons. The molecule has 4 aliphatic rings. The maximum Gasteiger partial charge on any atom is 0.416 e. The molecule has 194 valence electrons. The van der Waals surface area contributed by atoms with Crippen molar-refractivity contribution < 1.29 is 27.6 Å². The molecule has 3 aromatic carbocycles. The summed E-state index contributed by atoms with van der Waals surface area (Å²) in [6.45, 7) is -0.746. The van der Waals surface area contributed by atoms with Crippen LogP contribution >= 0.6 is 34.8 Å². The number of hydrogen-bond donors (Lipinski definition) is 1. The second-order valence-corrected chi connectivity index (χ2v) is 11.1. The monoisotopic (exact) mass is 578 g/mol. The van der Waals surface area contributed by atoms with E-state index in [4.69, 9.17) is 34.8 Å². The molecule has 1 heterocycles. The van der Waals surface area contributed by atoms with Crippen molar-refractivity contribution in [1.82, 2.24) is 4.90 Å². The second kappa shape index (κ2) is 8.21. The van der Waals surface area contributed by atoms with E-state index in [9.17, 15) is 27.6 Å². The molecule has 1 fully saturated rings. The molecule has 0 unspecified atom stereocenters. The number of hydrogen-bond acceptors (Lipinski definition) is 3. The number of anilines is 1. The van der Waals surface area contributed by atoms with Crippen LogP contribution in [0, 0.1) is 11.8 Å². The van der Waals surface area contributed by atoms with Crippen LogP contribution in [0.25, 0.3) is 0 Å². The lowest BCUT2D eigenvalue weighted by molar-refractivity contribution is -0.142. The molecular formula is C27H16Cl3F3N2O3. The van der Waals surface area contributed by atoms with Gasteiger partial charge in [-0.25, -0.2) is 0 Å². The predicted molar refractivity (Wildman–Crippen MR) is 135 cm³/mol. The molecule has 0 saturated carbocycles. The molecule has 7 rings (SSSR count). The smallest absolute Gasteiger partial charge is 0.323 e. The second-order valence-electron chi connectivity index (χ2n) is 9.47. The minimum Gasteiger partial charge on any atom is -0.323 e. The maximum atomic E-state index is 13.8. The van der Waals surface area contributed by atoms with Crippen molar-refractivity contribution in [3.8, 4) is 0 Å². The first-order valence-electron chi connectivity index (χ1n) is 11.5. The van der Waals surface area contributed by atoms with Gasteiger partial charge in [-0.2, -0.15) is 13.2 Å². The zero-order valence-electron chi connectivity index (χ0n) is 19.2. The molecular weight excluding hydrogens is 564 g/mol. The van der Waals surface area contributed by atoms with Crippen LogP contribution in [0.15, 0.2) is 66.7 Å². The minimum absolute atomic E-state index is 0.137. The number of carbonyl (C=O) groups excluding carboxylic acids is 3. The number of rotatable bonds is 3. The molecule has 5 nitrogen and oxygen atoms in total. The van der Waals surface area contributed by atoms with E-state index >= 15 is 0 Å². The molecule has 38 heavy (non-hydrogen) atoms. The number of nitrogens with one attached hydrogen (secondary N) is 1. The van der Waals surface area contributed by atoms with E-state index in [1.807, 2.05) is 0 Å². The normalized spacial score (nSPS) is 27.2. The highest BCUT2D eigenvalue weighted by atomic mass is 35.5. The van der Waals surface area contributed by atoms with E-state index in [0.717, 1.165) is 17.0 Å². The summed E-state index contributed by atoms with van der Waals surface area (Å²) in [5.74, 6) is -4.46. The molecule has 11 heteroatoms. The molecule has 1 saturated heterocycles. The van der Waals surface area contributed by atoms with Gasteiger partial charge in [0.15, 0.2) is 0 Å². The zero-order chi connectivity index (χ0) is 27.2. The number of likely N-dealkylation sites (tertiary alicyclic amines) is 1. The molecule has 0 spiro atoms. The third-order valence-electron chi connectivity index (χ3n) is 7.55. The van der Waals surface area contributed by atoms with Crippen LogP contribution in [0.1, 0.15) is 27.8 Å². The van der Waals surface area contributed by atoms with E-state index in [0.29, 0.717) is 28.3 Å². The highest BCUT2D eigenvalue weighted by Crippen LogP contribution is 2.69. The van der Waals surface area contributed by atoms with Crippen molar-refractivity contribution in [1.29, 1.82) is 0 Å². The van der Waals surface area contributed by atoms with E-state index in [1.54, 1.807) is 48.5 Å². The summed E-state index contributed by atoms with van der Waals surface area (Å²) in [7, 11) is 0. The Morgan fingerprint density at radius 1 is 0.842 bits per heavy atom. The largest absolute Gasteiger partial charge is 0.416 e. The van der Waals surface area contributed by atoms with Gasteiger partial charge in [0.1, 0.15) is 16.3 Å². The molecule has 2 bridgehead atoms. The third-order valence-corrected chi connectivity index (χ3v) is 9.16. The van der Waals surface area contributed by atoms with Gasteiger partial charge in [-0.1, -0.05) is 60.1 Å². The SMILES string of the molecule is O=C(CN1C(=O)[C@@H]2[C@H](C1=O)C1(Cl)c3ccccc3C2(Cl)c2ccccc21)Nc1cc(C(F)(F)F)ccc1Cl. The lowest BCUT2D eigenvalue weighted by Crippen LogP contribution is -2.57. The van der Waals surface area contributed by atoms with Crippen molar-refractivity contribution in [3.05, 3.63) is 99.6 Å². The van der Waals surface area contributed by atoms with E-state index in [2.05, 4.69) is 5.32 Å². The Labute approximate surface area is 229 Å². The first-order valence-corrected chi connectivity index (χ1v) is 12.6. The fourth-order valence-electron chi connectivity index (χ4n) is 6.01. The summed E-state index contributed by atoms with van der Waals surface area (Å²) in [5, 5.41) is 2.14. The van der Waals surface area contributed by atoms with Gasteiger partial charge in [0.2, 0.25) is 17.7 Å². The Hall–Kier alpha value is -3.07. The van der Waals surface area contributed by atoms with Gasteiger partial charge < -0.3 is 5.32 Å². The quantitative estimate of drug-likeness (QED) is 0.311. The molecule has 0 aromatic heterocycles. The van der Waals surface area contributed by atoms with Gasteiger partial charge in [0.25, 0.3) is 0 Å². The lowest BCUT2D eigenvalue weighted by atomic mass is 9.54. The Balaban J connectivity index is 1.37. The van der Waals surface area contributed by atoms with E-state index in [-0.39, 0.29) is 10.7 Å². The third kappa shape index (κ3) is 3.23. The van der Waals surface area contributed by atoms with E-state index in [1.165, 1.54) is 0 Å². The fourth-order valence-corrected chi connectivity index (χ4v) is 7.27. The average molecular weight is 580 g/mol. The molecule has 1 N–H and O–H groups in total. The summed E-state index contributed by atoms with van der Waals surface area (Å²) in [6.07, 6.45) is -4.66. The molecule has 3 aromatic rings. The predicted octanol–water partition coefficient (Wildman–Crippen LogP) is 5.89. The average Bonchev–Trinajstić information content (AvgIpc) is 3.14. The Morgan fingerprint density at radius 2 is 1.29 bits per heavy atom. The van der Waals surface area contributed by atoms with Gasteiger partial charge in [-0.15, -0.1) is 23.2 Å². The minimum atomic E-state index is -4.66. The number of halogens is 6. The van der Waals surface area contributed by atoms with Gasteiger partial charge in [-0.05, 0) is 40.5 Å². The van der Waals surface area contributed by atoms with Crippen LogP contribution in [0.2, 0.25) is 5.02 Å². The summed E-state index contributed by atoms with van der Waals surface area (Å²) in [4.78, 5) is 38.4. The summed E-state index contributed by atoms with van der Waals surface area (Å²) < 4.78 is 39.4. The highest BCUT2D eigenvalue weighted by molar-refractivity contribution is 6.36. The van der Waals surface area contributed by atoms with Crippen LogP contribution in [-0.2, 0) is 30.3 Å². The number of carbonyl (C=O) groups is 3. The maximum absolute atomic E-state index is 13.8. The summed E-state index contributed by atoms with van der Waals surface area (Å²) >= 11 is 20.6. The number of nitrogens with zero attached hydrogens (tertiary/aromatic N) is 1. The number of alkyl halides is 5. The van der Waals surface area contributed by atoms with Gasteiger partial charge in [-0.3, -0.25) is 19.3 Å². The van der Waals surface area contributed by atoms with E-state index < -0.39 is 57.6 Å². The van der Waals surface area contributed by atoms with Crippen LogP contribution in [0.5, 0.6) is 0 Å². The standard InChI is InChI=1S/C27H16Cl3F3N2O3/c28-18-10-9-13(27(31,32)33)11-19(18)34-20(36)12-35-23(37)21-22(24(35)38)26(30)15-6-2-1-5-14(15)25(21,29)16-7-3-4-8-17(16)26/h1-11,21-22H,12H2,(H,34,36)/t21-,22+,25?,26?. The first kappa shape index (κ1) is 25.2. The van der Waals surface area contributed by atoms with Crippen LogP contribution in [0.3, 0.4) is 0 Å². The van der Waals surface area contributed by atoms with Crippen LogP contribution in [0.4, 0.5) is 18.9 Å². The number of imide groups is 1. The summed E-state index contributed by atoms with van der Waals surface area (Å²) in [6, 6.07) is 16.6. The topological polar surface area (TPSA) is 66.5 Å². The van der Waals surface area contributed by atoms with Gasteiger partial charge >= 0.3 is 6.18 Å². The lowest BCUT2D eigenvalue weighted by Gasteiger charge is -2.54. The molecule has 1 aliphatic heterocycles. The van der Waals surface area contributed by atoms with Gasteiger partial charge in [0.05, 0.1) is 28.1 Å². The van der Waals surface area contributed by atoms with Crippen LogP contribution < -0.4 is 5.32 Å². The van der Waals surface area contributed by atoms with Crippen molar-refractivity contribution in [3.63, 3.8) is 0 Å². The van der Waals surface area contributed by atoms with Crippen LogP contribution in [-0.4, -0.2) is 29.2 Å². The zero-order valence-corrected chi connectivity index (χ0v) is 21.4. The Kier molecular flexibility index (Phi) is 5.45. The number of benzene rings is 3. The van der Waals surface area contributed by atoms with Crippen molar-refractivity contribution in [2.24, 2.45) is 11.8 Å². The van der Waals surface area contributed by atoms with Crippen molar-refractivity contribution in [2.45, 2.75) is 15.9 Å².